The van der Waals surface area contributed by atoms with Crippen molar-refractivity contribution in [2.75, 3.05) is 10.6 Å². The summed E-state index contributed by atoms with van der Waals surface area (Å²) in [5.74, 6) is 0. The van der Waals surface area contributed by atoms with Crippen LogP contribution in [0.3, 0.4) is 0 Å². The van der Waals surface area contributed by atoms with Crippen molar-refractivity contribution in [2.45, 2.75) is 94.8 Å². The summed E-state index contributed by atoms with van der Waals surface area (Å²) in [7, 11) is 0. The fourth-order valence-corrected chi connectivity index (χ4v) is 6.81. The second-order valence-electron chi connectivity index (χ2n) is 9.90. The largest absolute Gasteiger partial charge is 0.341 e. The molecule has 0 spiro atoms. The molecule has 0 aliphatic rings. The molecule has 208 valence electrons. The minimum Gasteiger partial charge on any atom is -0.341 e. The first-order valence-electron chi connectivity index (χ1n) is 14.2. The van der Waals surface area contributed by atoms with Gasteiger partial charge in [0.05, 0.1) is 0 Å². The molecule has 3 aromatic rings. The maximum Gasteiger partial charge on any atom is 0.143 e. The Morgan fingerprint density at radius 1 is 0.641 bits per heavy atom. The van der Waals surface area contributed by atoms with Crippen LogP contribution in [-0.4, -0.2) is 8.64 Å². The van der Waals surface area contributed by atoms with Gasteiger partial charge < -0.3 is 10.6 Å². The van der Waals surface area contributed by atoms with Crippen LogP contribution in [0.15, 0.2) is 76.5 Å². The number of hydrogen-bond acceptors (Lipinski definition) is 4. The van der Waals surface area contributed by atoms with Crippen LogP contribution in [0.1, 0.15) is 81.9 Å². The van der Waals surface area contributed by atoms with Crippen molar-refractivity contribution in [3.63, 3.8) is 0 Å². The molecule has 0 aliphatic carbocycles. The zero-order valence-electron chi connectivity index (χ0n) is 23.6. The lowest BCUT2D eigenvalue weighted by atomic mass is 10.1. The van der Waals surface area contributed by atoms with Crippen LogP contribution < -0.4 is 10.6 Å². The molecule has 0 radical (unpaired) electrons. The predicted molar refractivity (Wildman–Crippen MR) is 184 cm³/mol. The van der Waals surface area contributed by atoms with Crippen molar-refractivity contribution < 1.29 is 0 Å². The van der Waals surface area contributed by atoms with Crippen LogP contribution >= 0.6 is 48.0 Å². The lowest BCUT2D eigenvalue weighted by Crippen LogP contribution is -2.09. The third-order valence-corrected chi connectivity index (χ3v) is 9.19. The summed E-state index contributed by atoms with van der Waals surface area (Å²) in [6.45, 7) is 6.60. The van der Waals surface area contributed by atoms with E-state index in [4.69, 9.17) is 24.4 Å². The van der Waals surface area contributed by atoms with Crippen LogP contribution in [0.25, 0.3) is 0 Å². The predicted octanol–water partition coefficient (Wildman–Crippen LogP) is 11.2. The highest BCUT2D eigenvalue weighted by Crippen LogP contribution is 2.30. The van der Waals surface area contributed by atoms with Crippen LogP contribution in [-0.2, 0) is 12.8 Å². The van der Waals surface area contributed by atoms with Gasteiger partial charge in [-0.05, 0) is 73.6 Å². The van der Waals surface area contributed by atoms with Gasteiger partial charge in [-0.15, -0.1) is 0 Å². The average Bonchev–Trinajstić information content (AvgIpc) is 2.92. The van der Waals surface area contributed by atoms with Gasteiger partial charge in [-0.3, -0.25) is 0 Å². The van der Waals surface area contributed by atoms with Gasteiger partial charge in [0.2, 0.25) is 0 Å². The lowest BCUT2D eigenvalue weighted by Gasteiger charge is -2.15. The van der Waals surface area contributed by atoms with Gasteiger partial charge in [0, 0.05) is 21.2 Å². The number of nitrogens with one attached hydrogen (secondary N) is 2. The Hall–Kier alpha value is -1.86. The van der Waals surface area contributed by atoms with E-state index in [0.29, 0.717) is 0 Å². The summed E-state index contributed by atoms with van der Waals surface area (Å²) in [5.41, 5.74) is 5.87. The number of thiocarbonyl (C=S) groups is 2. The Balaban J connectivity index is 1.59. The monoisotopic (exact) mass is 594 g/mol. The number of thioether (sulfide) groups is 2. The summed E-state index contributed by atoms with van der Waals surface area (Å²) in [5, 5.41) is 6.90. The molecule has 0 atom stereocenters. The summed E-state index contributed by atoms with van der Waals surface area (Å²) in [6, 6.07) is 23.5. The van der Waals surface area contributed by atoms with E-state index in [1.54, 1.807) is 23.5 Å². The normalized spacial score (nSPS) is 10.8. The van der Waals surface area contributed by atoms with Crippen molar-refractivity contribution in [3.8, 4) is 0 Å². The topological polar surface area (TPSA) is 24.1 Å². The number of unbranched alkanes of at least 4 members (excludes halogenated alkanes) is 6. The van der Waals surface area contributed by atoms with Crippen molar-refractivity contribution >= 4 is 68.0 Å². The number of hydrogen-bond donors (Lipinski definition) is 2. The molecular formula is C33H42N2S4. The quantitative estimate of drug-likeness (QED) is 0.109. The second-order valence-corrected chi connectivity index (χ2v) is 13.3. The minimum atomic E-state index is 0.750. The van der Waals surface area contributed by atoms with Crippen molar-refractivity contribution in [3.05, 3.63) is 83.4 Å². The Kier molecular flexibility index (Phi) is 14.4. The van der Waals surface area contributed by atoms with Crippen molar-refractivity contribution in [1.29, 1.82) is 0 Å². The van der Waals surface area contributed by atoms with E-state index in [-0.39, 0.29) is 0 Å². The molecule has 0 amide bonds. The summed E-state index contributed by atoms with van der Waals surface area (Å²) in [4.78, 5) is 2.48. The highest BCUT2D eigenvalue weighted by atomic mass is 32.2. The van der Waals surface area contributed by atoms with E-state index in [1.807, 2.05) is 0 Å². The lowest BCUT2D eigenvalue weighted by molar-refractivity contribution is 0.663. The van der Waals surface area contributed by atoms with Gasteiger partial charge in [-0.25, -0.2) is 0 Å². The third-order valence-electron chi connectivity index (χ3n) is 6.67. The van der Waals surface area contributed by atoms with Crippen molar-refractivity contribution in [1.82, 2.24) is 0 Å². The molecule has 0 heterocycles. The Labute approximate surface area is 255 Å². The maximum absolute atomic E-state index is 5.78. The molecule has 2 nitrogen and oxygen atoms in total. The Morgan fingerprint density at radius 3 is 1.69 bits per heavy atom. The van der Waals surface area contributed by atoms with E-state index >= 15 is 0 Å². The Morgan fingerprint density at radius 2 is 1.15 bits per heavy atom. The van der Waals surface area contributed by atoms with E-state index in [0.717, 1.165) is 38.4 Å². The fraction of sp³-hybridized carbons (Fsp3) is 0.394. The second kappa shape index (κ2) is 17.8. The SMILES string of the molecule is CCCCCCc1ccccc1SC(=S)Nc1ccc(C)c(NC(=S)Sc2ccccc2CCCCCC)c1. The zero-order valence-corrected chi connectivity index (χ0v) is 26.8. The smallest absolute Gasteiger partial charge is 0.143 e. The summed E-state index contributed by atoms with van der Waals surface area (Å²) >= 11 is 14.8. The third kappa shape index (κ3) is 11.3. The van der Waals surface area contributed by atoms with Crippen LogP contribution in [0.2, 0.25) is 0 Å². The molecule has 0 fully saturated rings. The molecule has 39 heavy (non-hydrogen) atoms. The molecule has 6 heteroatoms. The van der Waals surface area contributed by atoms with E-state index < -0.39 is 0 Å². The molecule has 3 rings (SSSR count). The first-order chi connectivity index (χ1) is 19.0. The molecule has 0 bridgehead atoms. The van der Waals surface area contributed by atoms with E-state index in [2.05, 4.69) is 98.1 Å². The minimum absolute atomic E-state index is 0.750. The van der Waals surface area contributed by atoms with Crippen LogP contribution in [0, 0.1) is 6.92 Å². The molecule has 3 aromatic carbocycles. The van der Waals surface area contributed by atoms with Gasteiger partial charge in [0.25, 0.3) is 0 Å². The average molecular weight is 595 g/mol. The van der Waals surface area contributed by atoms with Gasteiger partial charge in [0.1, 0.15) is 8.64 Å². The van der Waals surface area contributed by atoms with Crippen LogP contribution in [0.4, 0.5) is 11.4 Å². The summed E-state index contributed by atoms with van der Waals surface area (Å²) in [6.07, 6.45) is 12.3. The molecule has 2 N–H and O–H groups in total. The highest BCUT2D eigenvalue weighted by Gasteiger charge is 2.10. The number of aryl methyl sites for hydroxylation is 3. The van der Waals surface area contributed by atoms with Gasteiger partial charge >= 0.3 is 0 Å². The maximum atomic E-state index is 5.78. The molecule has 0 saturated carbocycles. The molecule has 0 aromatic heterocycles. The molecule has 0 aliphatic heterocycles. The standard InChI is InChI=1S/C33H42N2S4/c1-4-6-8-10-16-26-18-12-14-20-30(26)38-32(36)34-28-23-22-25(3)29(24-28)35-33(37)39-31-21-15-13-19-27(31)17-11-9-7-5-2/h12-15,18-24H,4-11,16-17H2,1-3H3,(H,34,36)(H,35,37). The van der Waals surface area contributed by atoms with Crippen molar-refractivity contribution in [2.24, 2.45) is 0 Å². The highest BCUT2D eigenvalue weighted by molar-refractivity contribution is 8.23. The number of rotatable bonds is 14. The zero-order chi connectivity index (χ0) is 27.9. The first kappa shape index (κ1) is 31.7. The molecule has 0 unspecified atom stereocenters. The van der Waals surface area contributed by atoms with Gasteiger partial charge in [-0.1, -0.05) is 143 Å². The van der Waals surface area contributed by atoms with Gasteiger partial charge in [-0.2, -0.15) is 0 Å². The van der Waals surface area contributed by atoms with E-state index in [1.165, 1.54) is 72.3 Å². The summed E-state index contributed by atoms with van der Waals surface area (Å²) < 4.78 is 1.50. The van der Waals surface area contributed by atoms with E-state index in [9.17, 15) is 0 Å². The fourth-order valence-electron chi connectivity index (χ4n) is 4.42. The number of benzene rings is 3. The van der Waals surface area contributed by atoms with Gasteiger partial charge in [0.15, 0.2) is 0 Å². The number of anilines is 2. The molecular weight excluding hydrogens is 553 g/mol. The first-order valence-corrected chi connectivity index (χ1v) is 16.7. The Bertz CT molecular complexity index is 1210. The van der Waals surface area contributed by atoms with Crippen LogP contribution in [0.5, 0.6) is 0 Å². The molecule has 0 saturated heterocycles.